The van der Waals surface area contributed by atoms with Crippen molar-refractivity contribution >= 4 is 11.7 Å². The monoisotopic (exact) mass is 310 g/mol. The molecule has 1 fully saturated rings. The Kier molecular flexibility index (Phi) is 4.86. The number of hydrogen-bond donors (Lipinski definition) is 1. The van der Waals surface area contributed by atoms with Crippen LogP contribution in [-0.2, 0) is 6.54 Å². The van der Waals surface area contributed by atoms with Crippen molar-refractivity contribution in [3.63, 3.8) is 0 Å². The zero-order valence-electron chi connectivity index (χ0n) is 13.5. The molecule has 0 spiro atoms. The molecule has 0 saturated carbocycles. The van der Waals surface area contributed by atoms with Crippen LogP contribution in [0.3, 0.4) is 0 Å². The van der Waals surface area contributed by atoms with Crippen LogP contribution in [0.5, 0.6) is 0 Å². The SMILES string of the molecule is Cc1ccc(C(=O)NCc2nccc(N3CCCCC3)n2)cc1. The van der Waals surface area contributed by atoms with Crippen molar-refractivity contribution in [2.24, 2.45) is 0 Å². The first-order valence-corrected chi connectivity index (χ1v) is 8.14. The lowest BCUT2D eigenvalue weighted by Crippen LogP contribution is -2.31. The van der Waals surface area contributed by atoms with Crippen molar-refractivity contribution in [3.05, 3.63) is 53.5 Å². The van der Waals surface area contributed by atoms with E-state index in [1.54, 1.807) is 6.20 Å². The molecule has 0 atom stereocenters. The summed E-state index contributed by atoms with van der Waals surface area (Å²) in [6.07, 6.45) is 5.48. The molecule has 1 amide bonds. The number of carbonyl (C=O) groups is 1. The standard InChI is InChI=1S/C18H22N4O/c1-14-5-7-15(8-6-14)18(23)20-13-16-19-10-9-17(21-16)22-11-3-2-4-12-22/h5-10H,2-4,11-13H2,1H3,(H,20,23). The number of anilines is 1. The predicted molar refractivity (Wildman–Crippen MR) is 90.4 cm³/mol. The molecule has 5 nitrogen and oxygen atoms in total. The molecular formula is C18H22N4O. The molecule has 1 aromatic heterocycles. The van der Waals surface area contributed by atoms with Gasteiger partial charge < -0.3 is 10.2 Å². The zero-order chi connectivity index (χ0) is 16.1. The highest BCUT2D eigenvalue weighted by Crippen LogP contribution is 2.16. The second-order valence-electron chi connectivity index (χ2n) is 5.93. The summed E-state index contributed by atoms with van der Waals surface area (Å²) in [5, 5.41) is 2.88. The van der Waals surface area contributed by atoms with Crippen LogP contribution in [0.2, 0.25) is 0 Å². The van der Waals surface area contributed by atoms with Crippen molar-refractivity contribution in [1.29, 1.82) is 0 Å². The van der Waals surface area contributed by atoms with E-state index in [1.165, 1.54) is 19.3 Å². The average molecular weight is 310 g/mol. The number of nitrogens with one attached hydrogen (secondary N) is 1. The Morgan fingerprint density at radius 2 is 1.87 bits per heavy atom. The number of carbonyl (C=O) groups excluding carboxylic acids is 1. The number of benzene rings is 1. The van der Waals surface area contributed by atoms with E-state index in [0.29, 0.717) is 17.9 Å². The molecule has 1 N–H and O–H groups in total. The number of rotatable bonds is 4. The van der Waals surface area contributed by atoms with Crippen molar-refractivity contribution in [3.8, 4) is 0 Å². The third-order valence-corrected chi connectivity index (χ3v) is 4.09. The Balaban J connectivity index is 1.61. The van der Waals surface area contributed by atoms with Crippen LogP contribution in [-0.4, -0.2) is 29.0 Å². The quantitative estimate of drug-likeness (QED) is 0.943. The Labute approximate surface area is 136 Å². The van der Waals surface area contributed by atoms with E-state index in [4.69, 9.17) is 0 Å². The van der Waals surface area contributed by atoms with Gasteiger partial charge in [0.15, 0.2) is 0 Å². The molecule has 120 valence electrons. The van der Waals surface area contributed by atoms with Gasteiger partial charge in [-0.25, -0.2) is 9.97 Å². The third-order valence-electron chi connectivity index (χ3n) is 4.09. The fourth-order valence-electron chi connectivity index (χ4n) is 2.74. The summed E-state index contributed by atoms with van der Waals surface area (Å²) in [6.45, 7) is 4.44. The van der Waals surface area contributed by atoms with Crippen molar-refractivity contribution in [2.75, 3.05) is 18.0 Å². The van der Waals surface area contributed by atoms with E-state index in [-0.39, 0.29) is 5.91 Å². The second kappa shape index (κ2) is 7.22. The summed E-state index contributed by atoms with van der Waals surface area (Å²) in [7, 11) is 0. The molecule has 23 heavy (non-hydrogen) atoms. The van der Waals surface area contributed by atoms with Gasteiger partial charge in [0, 0.05) is 24.8 Å². The molecule has 1 saturated heterocycles. The van der Waals surface area contributed by atoms with E-state index < -0.39 is 0 Å². The number of aryl methyl sites for hydroxylation is 1. The summed E-state index contributed by atoms with van der Waals surface area (Å²) in [4.78, 5) is 23.3. The molecule has 1 aromatic carbocycles. The van der Waals surface area contributed by atoms with E-state index >= 15 is 0 Å². The van der Waals surface area contributed by atoms with Crippen molar-refractivity contribution in [2.45, 2.75) is 32.7 Å². The fraction of sp³-hybridized carbons (Fsp3) is 0.389. The number of aromatic nitrogens is 2. The summed E-state index contributed by atoms with van der Waals surface area (Å²) < 4.78 is 0. The first-order valence-electron chi connectivity index (χ1n) is 8.14. The summed E-state index contributed by atoms with van der Waals surface area (Å²) >= 11 is 0. The second-order valence-corrected chi connectivity index (χ2v) is 5.93. The van der Waals surface area contributed by atoms with Gasteiger partial charge in [-0.2, -0.15) is 0 Å². The Morgan fingerprint density at radius 3 is 2.61 bits per heavy atom. The highest BCUT2D eigenvalue weighted by molar-refractivity contribution is 5.94. The van der Waals surface area contributed by atoms with Gasteiger partial charge in [-0.3, -0.25) is 4.79 Å². The maximum absolute atomic E-state index is 12.1. The molecule has 1 aliphatic heterocycles. The van der Waals surface area contributed by atoms with E-state index in [2.05, 4.69) is 20.2 Å². The van der Waals surface area contributed by atoms with Gasteiger partial charge in [0.05, 0.1) is 6.54 Å². The van der Waals surface area contributed by atoms with Gasteiger partial charge in [0.25, 0.3) is 5.91 Å². The molecular weight excluding hydrogens is 288 g/mol. The molecule has 0 unspecified atom stereocenters. The molecule has 1 aliphatic rings. The van der Waals surface area contributed by atoms with Crippen LogP contribution in [0.25, 0.3) is 0 Å². The molecule has 0 bridgehead atoms. The molecule has 0 aliphatic carbocycles. The van der Waals surface area contributed by atoms with E-state index in [0.717, 1.165) is 24.5 Å². The first-order chi connectivity index (χ1) is 11.2. The van der Waals surface area contributed by atoms with Crippen LogP contribution in [0.4, 0.5) is 5.82 Å². The lowest BCUT2D eigenvalue weighted by Gasteiger charge is -2.27. The highest BCUT2D eigenvalue weighted by atomic mass is 16.1. The van der Waals surface area contributed by atoms with Crippen molar-refractivity contribution in [1.82, 2.24) is 15.3 Å². The van der Waals surface area contributed by atoms with Gasteiger partial charge in [-0.1, -0.05) is 17.7 Å². The highest BCUT2D eigenvalue weighted by Gasteiger charge is 2.13. The lowest BCUT2D eigenvalue weighted by atomic mass is 10.1. The maximum atomic E-state index is 12.1. The van der Waals surface area contributed by atoms with Crippen LogP contribution < -0.4 is 10.2 Å². The van der Waals surface area contributed by atoms with Gasteiger partial charge in [-0.05, 0) is 44.4 Å². The van der Waals surface area contributed by atoms with Crippen molar-refractivity contribution < 1.29 is 4.79 Å². The number of hydrogen-bond acceptors (Lipinski definition) is 4. The fourth-order valence-corrected chi connectivity index (χ4v) is 2.74. The summed E-state index contributed by atoms with van der Waals surface area (Å²) in [5.41, 5.74) is 1.79. The molecule has 2 heterocycles. The number of piperidine rings is 1. The maximum Gasteiger partial charge on any atom is 0.251 e. The smallest absolute Gasteiger partial charge is 0.251 e. The Hall–Kier alpha value is -2.43. The number of nitrogens with zero attached hydrogens (tertiary/aromatic N) is 3. The normalized spacial score (nSPS) is 14.6. The summed E-state index contributed by atoms with van der Waals surface area (Å²) in [6, 6.07) is 9.47. The molecule has 0 radical (unpaired) electrons. The average Bonchev–Trinajstić information content (AvgIpc) is 2.61. The van der Waals surface area contributed by atoms with Crippen LogP contribution >= 0.6 is 0 Å². The molecule has 3 rings (SSSR count). The minimum Gasteiger partial charge on any atom is -0.357 e. The zero-order valence-corrected chi connectivity index (χ0v) is 13.5. The van der Waals surface area contributed by atoms with Crippen LogP contribution in [0, 0.1) is 6.92 Å². The molecule has 2 aromatic rings. The number of amides is 1. The lowest BCUT2D eigenvalue weighted by molar-refractivity contribution is 0.0950. The van der Waals surface area contributed by atoms with E-state index in [1.807, 2.05) is 37.3 Å². The van der Waals surface area contributed by atoms with E-state index in [9.17, 15) is 4.79 Å². The first kappa shape index (κ1) is 15.5. The van der Waals surface area contributed by atoms with Crippen LogP contribution in [0.15, 0.2) is 36.5 Å². The van der Waals surface area contributed by atoms with Gasteiger partial charge in [-0.15, -0.1) is 0 Å². The minimum atomic E-state index is -0.100. The Morgan fingerprint density at radius 1 is 1.13 bits per heavy atom. The Bertz CT molecular complexity index is 663. The predicted octanol–water partition coefficient (Wildman–Crippen LogP) is 2.71. The minimum absolute atomic E-state index is 0.100. The summed E-state index contributed by atoms with van der Waals surface area (Å²) in [5.74, 6) is 1.50. The van der Waals surface area contributed by atoms with Gasteiger partial charge >= 0.3 is 0 Å². The third kappa shape index (κ3) is 4.06. The van der Waals surface area contributed by atoms with Crippen LogP contribution in [0.1, 0.15) is 41.0 Å². The van der Waals surface area contributed by atoms with Gasteiger partial charge in [0.2, 0.25) is 0 Å². The van der Waals surface area contributed by atoms with Gasteiger partial charge in [0.1, 0.15) is 11.6 Å². The molecule has 5 heteroatoms. The largest absolute Gasteiger partial charge is 0.357 e. The topological polar surface area (TPSA) is 58.1 Å².